The van der Waals surface area contributed by atoms with Crippen LogP contribution < -0.4 is 10.6 Å². The zero-order valence-corrected chi connectivity index (χ0v) is 13.6. The van der Waals surface area contributed by atoms with E-state index in [1.807, 2.05) is 36.1 Å². The van der Waals surface area contributed by atoms with Crippen molar-refractivity contribution in [2.24, 2.45) is 5.92 Å². The minimum Gasteiger partial charge on any atom is -0.331 e. The lowest BCUT2D eigenvalue weighted by Crippen LogP contribution is -2.44. The summed E-state index contributed by atoms with van der Waals surface area (Å²) < 4.78 is 0. The molecule has 2 N–H and O–H groups in total. The van der Waals surface area contributed by atoms with Crippen LogP contribution in [0.15, 0.2) is 24.3 Å². The van der Waals surface area contributed by atoms with Crippen LogP contribution in [-0.2, 0) is 4.79 Å². The molecule has 1 aliphatic heterocycles. The molecule has 2 rings (SSSR count). The SMILES string of the molecule is CC(=O)Nc1cccc(C(C)NC(=O)N2CCC(C)CC2)c1. The first-order valence-corrected chi connectivity index (χ1v) is 7.88. The highest BCUT2D eigenvalue weighted by molar-refractivity contribution is 5.88. The van der Waals surface area contributed by atoms with E-state index in [0.717, 1.165) is 37.2 Å². The lowest BCUT2D eigenvalue weighted by atomic mass is 9.99. The third-order valence-corrected chi connectivity index (χ3v) is 4.12. The van der Waals surface area contributed by atoms with Gasteiger partial charge in [0.2, 0.25) is 5.91 Å². The van der Waals surface area contributed by atoms with Gasteiger partial charge in [-0.15, -0.1) is 0 Å². The molecular formula is C17H25N3O2. The molecule has 0 spiro atoms. The normalized spacial score (nSPS) is 17.0. The number of nitrogens with zero attached hydrogens (tertiary/aromatic N) is 1. The van der Waals surface area contributed by atoms with Gasteiger partial charge in [-0.2, -0.15) is 0 Å². The molecule has 0 aromatic heterocycles. The number of rotatable bonds is 3. The number of carbonyl (C=O) groups is 2. The predicted molar refractivity (Wildman–Crippen MR) is 87.7 cm³/mol. The number of nitrogens with one attached hydrogen (secondary N) is 2. The Balaban J connectivity index is 1.95. The summed E-state index contributed by atoms with van der Waals surface area (Å²) in [7, 11) is 0. The van der Waals surface area contributed by atoms with E-state index in [2.05, 4.69) is 17.6 Å². The van der Waals surface area contributed by atoms with Crippen molar-refractivity contribution in [1.29, 1.82) is 0 Å². The summed E-state index contributed by atoms with van der Waals surface area (Å²) in [5, 5.41) is 5.80. The molecule has 1 aromatic carbocycles. The van der Waals surface area contributed by atoms with Gasteiger partial charge in [0.05, 0.1) is 6.04 Å². The fourth-order valence-corrected chi connectivity index (χ4v) is 2.66. The molecule has 22 heavy (non-hydrogen) atoms. The van der Waals surface area contributed by atoms with Crippen LogP contribution in [0.25, 0.3) is 0 Å². The Kier molecular flexibility index (Phi) is 5.41. The molecule has 0 radical (unpaired) electrons. The monoisotopic (exact) mass is 303 g/mol. The van der Waals surface area contributed by atoms with Crippen molar-refractivity contribution < 1.29 is 9.59 Å². The van der Waals surface area contributed by atoms with E-state index in [-0.39, 0.29) is 18.0 Å². The van der Waals surface area contributed by atoms with Gasteiger partial charge in [0, 0.05) is 25.7 Å². The van der Waals surface area contributed by atoms with Crippen molar-refractivity contribution in [2.45, 2.75) is 39.7 Å². The Hall–Kier alpha value is -2.04. The quantitative estimate of drug-likeness (QED) is 0.901. The summed E-state index contributed by atoms with van der Waals surface area (Å²) in [6.45, 7) is 7.31. The second kappa shape index (κ2) is 7.29. The summed E-state index contributed by atoms with van der Waals surface area (Å²) in [5.41, 5.74) is 1.72. The average Bonchev–Trinajstić information content (AvgIpc) is 2.47. The van der Waals surface area contributed by atoms with E-state index < -0.39 is 0 Å². The highest BCUT2D eigenvalue weighted by atomic mass is 16.2. The van der Waals surface area contributed by atoms with Crippen molar-refractivity contribution in [3.63, 3.8) is 0 Å². The number of benzene rings is 1. The number of hydrogen-bond donors (Lipinski definition) is 2. The molecular weight excluding hydrogens is 278 g/mol. The smallest absolute Gasteiger partial charge is 0.317 e. The van der Waals surface area contributed by atoms with Gasteiger partial charge in [0.1, 0.15) is 0 Å². The molecule has 0 saturated carbocycles. The molecule has 1 atom stereocenters. The van der Waals surface area contributed by atoms with Crippen LogP contribution >= 0.6 is 0 Å². The van der Waals surface area contributed by atoms with Gasteiger partial charge in [-0.3, -0.25) is 4.79 Å². The first-order valence-electron chi connectivity index (χ1n) is 7.88. The fourth-order valence-electron chi connectivity index (χ4n) is 2.66. The molecule has 5 heteroatoms. The summed E-state index contributed by atoms with van der Waals surface area (Å²) in [5.74, 6) is 0.604. The molecule has 1 heterocycles. The van der Waals surface area contributed by atoms with Crippen LogP contribution in [0.1, 0.15) is 45.2 Å². The lowest BCUT2D eigenvalue weighted by Gasteiger charge is -2.31. The van der Waals surface area contributed by atoms with Crippen molar-refractivity contribution in [3.05, 3.63) is 29.8 Å². The topological polar surface area (TPSA) is 61.4 Å². The number of hydrogen-bond acceptors (Lipinski definition) is 2. The van der Waals surface area contributed by atoms with Crippen molar-refractivity contribution in [1.82, 2.24) is 10.2 Å². The molecule has 5 nitrogen and oxygen atoms in total. The van der Waals surface area contributed by atoms with Crippen molar-refractivity contribution in [2.75, 3.05) is 18.4 Å². The molecule has 120 valence electrons. The third-order valence-electron chi connectivity index (χ3n) is 4.12. The summed E-state index contributed by atoms with van der Waals surface area (Å²) in [6, 6.07) is 7.46. The Morgan fingerprint density at radius 2 is 1.95 bits per heavy atom. The minimum absolute atomic E-state index is 0.00988. The Morgan fingerprint density at radius 1 is 1.27 bits per heavy atom. The maximum absolute atomic E-state index is 12.3. The highest BCUT2D eigenvalue weighted by Gasteiger charge is 2.21. The standard InChI is InChI=1S/C17H25N3O2/c1-12-7-9-20(10-8-12)17(22)18-13(2)15-5-4-6-16(11-15)19-14(3)21/h4-6,11-13H,7-10H2,1-3H3,(H,18,22)(H,19,21). The average molecular weight is 303 g/mol. The number of likely N-dealkylation sites (tertiary alicyclic amines) is 1. The second-order valence-electron chi connectivity index (χ2n) is 6.15. The van der Waals surface area contributed by atoms with Gasteiger partial charge >= 0.3 is 6.03 Å². The summed E-state index contributed by atoms with van der Waals surface area (Å²) in [4.78, 5) is 25.3. The van der Waals surface area contributed by atoms with Gasteiger partial charge in [-0.1, -0.05) is 19.1 Å². The Labute approximate surface area is 132 Å². The van der Waals surface area contributed by atoms with Crippen LogP contribution in [0.2, 0.25) is 0 Å². The Morgan fingerprint density at radius 3 is 2.59 bits per heavy atom. The minimum atomic E-state index is -0.101. The molecule has 3 amide bonds. The molecule has 1 aromatic rings. The van der Waals surface area contributed by atoms with E-state index in [1.54, 1.807) is 0 Å². The first kappa shape index (κ1) is 16.3. The van der Waals surface area contributed by atoms with Gasteiger partial charge in [-0.05, 0) is 43.4 Å². The predicted octanol–water partition coefficient (Wildman–Crippen LogP) is 3.15. The van der Waals surface area contributed by atoms with Gasteiger partial charge in [0.15, 0.2) is 0 Å². The number of amides is 3. The second-order valence-corrected chi connectivity index (χ2v) is 6.15. The van der Waals surface area contributed by atoms with Crippen LogP contribution in [0.4, 0.5) is 10.5 Å². The van der Waals surface area contributed by atoms with Gasteiger partial charge in [0.25, 0.3) is 0 Å². The third kappa shape index (κ3) is 4.48. The number of urea groups is 1. The molecule has 0 bridgehead atoms. The van der Waals surface area contributed by atoms with Crippen LogP contribution in [0.3, 0.4) is 0 Å². The van der Waals surface area contributed by atoms with E-state index in [4.69, 9.17) is 0 Å². The van der Waals surface area contributed by atoms with Crippen molar-refractivity contribution in [3.8, 4) is 0 Å². The molecule has 1 fully saturated rings. The van der Waals surface area contributed by atoms with E-state index in [1.165, 1.54) is 6.92 Å². The number of carbonyl (C=O) groups excluding carboxylic acids is 2. The zero-order chi connectivity index (χ0) is 16.1. The van der Waals surface area contributed by atoms with E-state index in [9.17, 15) is 9.59 Å². The van der Waals surface area contributed by atoms with E-state index in [0.29, 0.717) is 5.92 Å². The summed E-state index contributed by atoms with van der Waals surface area (Å²) in [6.07, 6.45) is 2.14. The molecule has 1 aliphatic rings. The maximum atomic E-state index is 12.3. The largest absolute Gasteiger partial charge is 0.331 e. The lowest BCUT2D eigenvalue weighted by molar-refractivity contribution is -0.114. The first-order chi connectivity index (χ1) is 10.5. The molecule has 1 saturated heterocycles. The van der Waals surface area contributed by atoms with Crippen molar-refractivity contribution >= 4 is 17.6 Å². The van der Waals surface area contributed by atoms with Crippen LogP contribution in [0.5, 0.6) is 0 Å². The van der Waals surface area contributed by atoms with Crippen LogP contribution in [-0.4, -0.2) is 29.9 Å². The molecule has 0 aliphatic carbocycles. The van der Waals surface area contributed by atoms with Crippen LogP contribution in [0, 0.1) is 5.92 Å². The van der Waals surface area contributed by atoms with Gasteiger partial charge in [-0.25, -0.2) is 4.79 Å². The summed E-state index contributed by atoms with van der Waals surface area (Å²) >= 11 is 0. The maximum Gasteiger partial charge on any atom is 0.317 e. The van der Waals surface area contributed by atoms with E-state index >= 15 is 0 Å². The highest BCUT2D eigenvalue weighted by Crippen LogP contribution is 2.19. The van der Waals surface area contributed by atoms with Gasteiger partial charge < -0.3 is 15.5 Å². The number of anilines is 1. The zero-order valence-electron chi connectivity index (χ0n) is 13.6. The Bertz CT molecular complexity index is 536. The fraction of sp³-hybridized carbons (Fsp3) is 0.529. The number of piperidine rings is 1. The molecule has 1 unspecified atom stereocenters.